The van der Waals surface area contributed by atoms with Gasteiger partial charge in [-0.05, 0) is 61.9 Å². The standard InChI is InChI=1S/C20H17NO4S2/c1-3-25-17-10-13(4-9-16(17)23)11-18-19(24)21(20(26)27-18)15-7-5-14(6-8-15)12(2)22/h4-11,23H,3H2,1-2H3/b18-11-. The zero-order valence-electron chi connectivity index (χ0n) is 14.8. The number of anilines is 1. The number of aromatic hydroxyl groups is 1. The van der Waals surface area contributed by atoms with E-state index in [9.17, 15) is 14.7 Å². The SMILES string of the molecule is CCOc1cc(/C=C2\SC(=S)N(c3ccc(C(C)=O)cc3)C2=O)ccc1O. The van der Waals surface area contributed by atoms with Crippen LogP contribution in [0.5, 0.6) is 11.5 Å². The number of rotatable bonds is 5. The van der Waals surface area contributed by atoms with Crippen molar-refractivity contribution in [2.45, 2.75) is 13.8 Å². The second-order valence-electron chi connectivity index (χ2n) is 5.78. The molecule has 1 amide bonds. The van der Waals surface area contributed by atoms with Gasteiger partial charge in [0.2, 0.25) is 0 Å². The highest BCUT2D eigenvalue weighted by atomic mass is 32.2. The van der Waals surface area contributed by atoms with Crippen LogP contribution >= 0.6 is 24.0 Å². The molecule has 1 aliphatic heterocycles. The Bertz CT molecular complexity index is 951. The molecule has 0 unspecified atom stereocenters. The van der Waals surface area contributed by atoms with Crippen molar-refractivity contribution in [2.24, 2.45) is 0 Å². The molecule has 0 spiro atoms. The molecule has 7 heteroatoms. The number of phenolic OH excluding ortho intramolecular Hbond substituents is 1. The van der Waals surface area contributed by atoms with E-state index in [4.69, 9.17) is 17.0 Å². The number of nitrogens with zero attached hydrogens (tertiary/aromatic N) is 1. The van der Waals surface area contributed by atoms with Crippen molar-refractivity contribution in [1.82, 2.24) is 0 Å². The summed E-state index contributed by atoms with van der Waals surface area (Å²) in [6.45, 7) is 3.75. The van der Waals surface area contributed by atoms with Crippen LogP contribution in [0.1, 0.15) is 29.8 Å². The number of ketones is 1. The van der Waals surface area contributed by atoms with Crippen molar-refractivity contribution >= 4 is 51.8 Å². The fourth-order valence-corrected chi connectivity index (χ4v) is 3.88. The minimum Gasteiger partial charge on any atom is -0.504 e. The maximum Gasteiger partial charge on any atom is 0.270 e. The van der Waals surface area contributed by atoms with Crippen LogP contribution in [-0.4, -0.2) is 27.7 Å². The topological polar surface area (TPSA) is 66.8 Å². The van der Waals surface area contributed by atoms with Crippen LogP contribution in [0.15, 0.2) is 47.4 Å². The van der Waals surface area contributed by atoms with Gasteiger partial charge in [-0.2, -0.15) is 0 Å². The van der Waals surface area contributed by atoms with E-state index in [-0.39, 0.29) is 17.4 Å². The van der Waals surface area contributed by atoms with Crippen molar-refractivity contribution in [3.05, 3.63) is 58.5 Å². The number of ether oxygens (including phenoxy) is 1. The molecule has 0 bridgehead atoms. The molecule has 1 heterocycles. The molecule has 0 saturated carbocycles. The van der Waals surface area contributed by atoms with Gasteiger partial charge in [-0.3, -0.25) is 14.5 Å². The minimum atomic E-state index is -0.230. The Labute approximate surface area is 166 Å². The predicted octanol–water partition coefficient (Wildman–Crippen LogP) is 4.40. The maximum absolute atomic E-state index is 12.8. The fraction of sp³-hybridized carbons (Fsp3) is 0.150. The first-order chi connectivity index (χ1) is 12.9. The Morgan fingerprint density at radius 1 is 1.26 bits per heavy atom. The van der Waals surface area contributed by atoms with Gasteiger partial charge in [0.1, 0.15) is 0 Å². The minimum absolute atomic E-state index is 0.0377. The normalized spacial score (nSPS) is 15.5. The molecule has 0 radical (unpaired) electrons. The summed E-state index contributed by atoms with van der Waals surface area (Å²) in [5.41, 5.74) is 1.92. The zero-order valence-corrected chi connectivity index (χ0v) is 16.4. The van der Waals surface area contributed by atoms with Crippen LogP contribution in [0.2, 0.25) is 0 Å². The van der Waals surface area contributed by atoms with E-state index >= 15 is 0 Å². The zero-order chi connectivity index (χ0) is 19.6. The van der Waals surface area contributed by atoms with Crippen molar-refractivity contribution in [3.63, 3.8) is 0 Å². The second-order valence-corrected chi connectivity index (χ2v) is 7.46. The van der Waals surface area contributed by atoms with Gasteiger partial charge in [0.25, 0.3) is 5.91 Å². The second kappa shape index (κ2) is 7.94. The summed E-state index contributed by atoms with van der Waals surface area (Å²) in [7, 11) is 0. The monoisotopic (exact) mass is 399 g/mol. The molecule has 2 aromatic carbocycles. The number of Topliss-reactive ketones (excluding diaryl/α,β-unsaturated/α-hetero) is 1. The molecular formula is C20H17NO4S2. The lowest BCUT2D eigenvalue weighted by Gasteiger charge is -2.14. The summed E-state index contributed by atoms with van der Waals surface area (Å²) in [5, 5.41) is 9.80. The smallest absolute Gasteiger partial charge is 0.270 e. The largest absolute Gasteiger partial charge is 0.504 e. The molecule has 5 nitrogen and oxygen atoms in total. The van der Waals surface area contributed by atoms with Crippen molar-refractivity contribution in [2.75, 3.05) is 11.5 Å². The summed E-state index contributed by atoms with van der Waals surface area (Å²) in [6, 6.07) is 11.7. The van der Waals surface area contributed by atoms with E-state index in [0.29, 0.717) is 32.8 Å². The lowest BCUT2D eigenvalue weighted by Crippen LogP contribution is -2.27. The summed E-state index contributed by atoms with van der Waals surface area (Å²) >= 11 is 6.57. The van der Waals surface area contributed by atoms with Gasteiger partial charge in [0, 0.05) is 5.56 Å². The van der Waals surface area contributed by atoms with Gasteiger partial charge < -0.3 is 9.84 Å². The summed E-state index contributed by atoms with van der Waals surface area (Å²) in [5.74, 6) is 0.143. The average molecular weight is 399 g/mol. The highest BCUT2D eigenvalue weighted by Crippen LogP contribution is 2.37. The van der Waals surface area contributed by atoms with E-state index in [1.807, 2.05) is 6.92 Å². The van der Waals surface area contributed by atoms with Crippen LogP contribution in [0, 0.1) is 0 Å². The first kappa shape index (κ1) is 19.1. The van der Waals surface area contributed by atoms with E-state index in [1.54, 1.807) is 42.5 Å². The lowest BCUT2D eigenvalue weighted by atomic mass is 10.1. The number of hydrogen-bond donors (Lipinski definition) is 1. The third-order valence-electron chi connectivity index (χ3n) is 3.91. The molecule has 0 aliphatic carbocycles. The number of amides is 1. The Kier molecular flexibility index (Phi) is 5.62. The van der Waals surface area contributed by atoms with E-state index in [2.05, 4.69) is 0 Å². The number of hydrogen-bond acceptors (Lipinski definition) is 6. The highest BCUT2D eigenvalue weighted by molar-refractivity contribution is 8.27. The van der Waals surface area contributed by atoms with Gasteiger partial charge in [-0.25, -0.2) is 0 Å². The van der Waals surface area contributed by atoms with E-state index in [0.717, 1.165) is 5.56 Å². The molecule has 0 aromatic heterocycles. The maximum atomic E-state index is 12.8. The van der Waals surface area contributed by atoms with Gasteiger partial charge in [0.15, 0.2) is 21.6 Å². The molecule has 1 saturated heterocycles. The third kappa shape index (κ3) is 4.04. The number of phenols is 1. The first-order valence-electron chi connectivity index (χ1n) is 8.25. The van der Waals surface area contributed by atoms with Gasteiger partial charge in [-0.15, -0.1) is 0 Å². The third-order valence-corrected chi connectivity index (χ3v) is 5.21. The van der Waals surface area contributed by atoms with Gasteiger partial charge in [0.05, 0.1) is 17.2 Å². The molecule has 3 rings (SSSR count). The van der Waals surface area contributed by atoms with Crippen molar-refractivity contribution in [3.8, 4) is 11.5 Å². The van der Waals surface area contributed by atoms with Gasteiger partial charge in [-0.1, -0.05) is 30.0 Å². The summed E-state index contributed by atoms with van der Waals surface area (Å²) in [6.07, 6.45) is 1.71. The molecule has 0 atom stereocenters. The molecule has 2 aromatic rings. The number of carbonyl (C=O) groups is 2. The van der Waals surface area contributed by atoms with Crippen LogP contribution < -0.4 is 9.64 Å². The molecule has 1 aliphatic rings. The highest BCUT2D eigenvalue weighted by Gasteiger charge is 2.33. The van der Waals surface area contributed by atoms with Crippen LogP contribution in [0.3, 0.4) is 0 Å². The van der Waals surface area contributed by atoms with Gasteiger partial charge >= 0.3 is 0 Å². The van der Waals surface area contributed by atoms with Crippen molar-refractivity contribution < 1.29 is 19.4 Å². The molecule has 1 N–H and O–H groups in total. The van der Waals surface area contributed by atoms with E-state index < -0.39 is 0 Å². The summed E-state index contributed by atoms with van der Waals surface area (Å²) in [4.78, 5) is 26.2. The van der Waals surface area contributed by atoms with Crippen LogP contribution in [0.4, 0.5) is 5.69 Å². The number of thiocarbonyl (C=S) groups is 1. The Balaban J connectivity index is 1.88. The van der Waals surface area contributed by atoms with Crippen molar-refractivity contribution in [1.29, 1.82) is 0 Å². The molecular weight excluding hydrogens is 382 g/mol. The van der Waals surface area contributed by atoms with Crippen LogP contribution in [0.25, 0.3) is 6.08 Å². The summed E-state index contributed by atoms with van der Waals surface area (Å²) < 4.78 is 5.80. The average Bonchev–Trinajstić information content (AvgIpc) is 2.91. The number of benzene rings is 2. The number of carbonyl (C=O) groups excluding carboxylic acids is 2. The number of thioether (sulfide) groups is 1. The molecule has 138 valence electrons. The molecule has 1 fully saturated rings. The first-order valence-corrected chi connectivity index (χ1v) is 9.48. The Morgan fingerprint density at radius 2 is 1.96 bits per heavy atom. The lowest BCUT2D eigenvalue weighted by molar-refractivity contribution is -0.113. The Hall–Kier alpha value is -2.64. The quantitative estimate of drug-likeness (QED) is 0.457. The Morgan fingerprint density at radius 3 is 2.59 bits per heavy atom. The van der Waals surface area contributed by atoms with E-state index in [1.165, 1.54) is 29.7 Å². The predicted molar refractivity (Wildman–Crippen MR) is 111 cm³/mol. The van der Waals surface area contributed by atoms with Crippen LogP contribution in [-0.2, 0) is 4.79 Å². The molecule has 27 heavy (non-hydrogen) atoms. The fourth-order valence-electron chi connectivity index (χ4n) is 2.58.